The van der Waals surface area contributed by atoms with E-state index in [1.54, 1.807) is 23.7 Å². The van der Waals surface area contributed by atoms with Crippen LogP contribution in [0.1, 0.15) is 10.6 Å². The number of carbonyl (C=O) groups is 1. The number of hydrogen-bond donors (Lipinski definition) is 2. The maximum atomic E-state index is 13.3. The van der Waals surface area contributed by atoms with Gasteiger partial charge in [0.15, 0.2) is 23.9 Å². The molecule has 2 aromatic heterocycles. The molecule has 1 amide bonds. The van der Waals surface area contributed by atoms with Crippen LogP contribution in [0.2, 0.25) is 0 Å². The van der Waals surface area contributed by atoms with Crippen LogP contribution in [0.5, 0.6) is 0 Å². The highest BCUT2D eigenvalue weighted by molar-refractivity contribution is 7.09. The Kier molecular flexibility index (Phi) is 5.57. The Hall–Kier alpha value is -2.51. The summed E-state index contributed by atoms with van der Waals surface area (Å²) in [5.41, 5.74) is 0.234. The third-order valence-electron chi connectivity index (χ3n) is 3.62. The molecule has 7 heteroatoms. The van der Waals surface area contributed by atoms with E-state index in [1.807, 2.05) is 23.6 Å². The average molecular weight is 363 g/mol. The van der Waals surface area contributed by atoms with Gasteiger partial charge in [0.25, 0.3) is 5.91 Å². The van der Waals surface area contributed by atoms with Gasteiger partial charge in [-0.05, 0) is 35.7 Å². The van der Waals surface area contributed by atoms with Crippen LogP contribution in [0.4, 0.5) is 14.5 Å². The van der Waals surface area contributed by atoms with Crippen LogP contribution >= 0.6 is 11.3 Å². The molecule has 0 saturated heterocycles. The van der Waals surface area contributed by atoms with Crippen molar-refractivity contribution >= 4 is 22.9 Å². The standard InChI is InChI=1S/C18H16F2N2O2S/c19-16-6-5-13(9-17(16)20)21-18(23)12-22(10-14-3-1-7-24-14)11-15-4-2-8-25-15/h1-9H,10-12H2,(H,21,23)/p+1. The minimum absolute atomic E-state index is 0.178. The predicted molar refractivity (Wildman–Crippen MR) is 91.3 cm³/mol. The van der Waals surface area contributed by atoms with Gasteiger partial charge in [0, 0.05) is 11.8 Å². The lowest BCUT2D eigenvalue weighted by Gasteiger charge is -2.17. The minimum atomic E-state index is -0.990. The van der Waals surface area contributed by atoms with Crippen LogP contribution in [0.15, 0.2) is 58.5 Å². The zero-order chi connectivity index (χ0) is 17.6. The molecule has 4 nitrogen and oxygen atoms in total. The van der Waals surface area contributed by atoms with Crippen molar-refractivity contribution in [3.05, 3.63) is 76.4 Å². The molecule has 3 rings (SSSR count). The molecule has 1 aromatic carbocycles. The molecular formula is C18H17F2N2O2S+. The number of quaternary nitrogens is 1. The molecular weight excluding hydrogens is 346 g/mol. The molecule has 130 valence electrons. The van der Waals surface area contributed by atoms with Crippen molar-refractivity contribution in [2.24, 2.45) is 0 Å². The lowest BCUT2D eigenvalue weighted by atomic mass is 10.3. The van der Waals surface area contributed by atoms with Crippen molar-refractivity contribution in [3.63, 3.8) is 0 Å². The SMILES string of the molecule is O=C(C[NH+](Cc1ccco1)Cc1cccs1)Nc1ccc(F)c(F)c1. The van der Waals surface area contributed by atoms with E-state index in [1.165, 1.54) is 6.07 Å². The first-order chi connectivity index (χ1) is 12.1. The Bertz CT molecular complexity index is 783. The summed E-state index contributed by atoms with van der Waals surface area (Å²) in [6.07, 6.45) is 1.60. The van der Waals surface area contributed by atoms with E-state index in [0.717, 1.165) is 27.7 Å². The lowest BCUT2D eigenvalue weighted by molar-refractivity contribution is -0.920. The smallest absolute Gasteiger partial charge is 0.279 e. The number of rotatable bonds is 7. The van der Waals surface area contributed by atoms with Crippen molar-refractivity contribution in [1.29, 1.82) is 0 Å². The van der Waals surface area contributed by atoms with E-state index < -0.39 is 11.6 Å². The molecule has 1 atom stereocenters. The fourth-order valence-electron chi connectivity index (χ4n) is 2.51. The highest BCUT2D eigenvalue weighted by atomic mass is 32.1. The number of benzene rings is 1. The normalized spacial score (nSPS) is 12.1. The number of hydrogen-bond acceptors (Lipinski definition) is 3. The summed E-state index contributed by atoms with van der Waals surface area (Å²) in [5, 5.41) is 4.59. The van der Waals surface area contributed by atoms with Gasteiger partial charge in [-0.2, -0.15) is 0 Å². The lowest BCUT2D eigenvalue weighted by Crippen LogP contribution is -3.10. The van der Waals surface area contributed by atoms with Crippen molar-refractivity contribution in [3.8, 4) is 0 Å². The van der Waals surface area contributed by atoms with Crippen LogP contribution in [0, 0.1) is 11.6 Å². The summed E-state index contributed by atoms with van der Waals surface area (Å²) in [7, 11) is 0. The molecule has 0 aliphatic carbocycles. The fraction of sp³-hybridized carbons (Fsp3) is 0.167. The first kappa shape index (κ1) is 17.3. The second-order valence-corrected chi connectivity index (χ2v) is 6.65. The zero-order valence-corrected chi connectivity index (χ0v) is 14.1. The average Bonchev–Trinajstić information content (AvgIpc) is 3.25. The van der Waals surface area contributed by atoms with E-state index in [9.17, 15) is 13.6 Å². The van der Waals surface area contributed by atoms with Crippen molar-refractivity contribution in [2.45, 2.75) is 13.1 Å². The molecule has 2 N–H and O–H groups in total. The van der Waals surface area contributed by atoms with Crippen LogP contribution in [-0.2, 0) is 17.9 Å². The van der Waals surface area contributed by atoms with Crippen molar-refractivity contribution in [1.82, 2.24) is 0 Å². The van der Waals surface area contributed by atoms with Gasteiger partial charge < -0.3 is 14.6 Å². The van der Waals surface area contributed by atoms with Crippen LogP contribution in [0.3, 0.4) is 0 Å². The Morgan fingerprint density at radius 3 is 2.68 bits per heavy atom. The van der Waals surface area contributed by atoms with Gasteiger partial charge in [-0.25, -0.2) is 8.78 Å². The number of anilines is 1. The maximum Gasteiger partial charge on any atom is 0.279 e. The summed E-state index contributed by atoms with van der Waals surface area (Å²) >= 11 is 1.62. The predicted octanol–water partition coefficient (Wildman–Crippen LogP) is 2.84. The van der Waals surface area contributed by atoms with Crippen molar-refractivity contribution < 1.29 is 22.9 Å². The molecule has 0 radical (unpaired) electrons. The highest BCUT2D eigenvalue weighted by Gasteiger charge is 2.18. The molecule has 0 aliphatic heterocycles. The van der Waals surface area contributed by atoms with Crippen LogP contribution in [0.25, 0.3) is 0 Å². The first-order valence-corrected chi connectivity index (χ1v) is 8.61. The molecule has 0 fully saturated rings. The van der Waals surface area contributed by atoms with Gasteiger partial charge in [-0.1, -0.05) is 6.07 Å². The van der Waals surface area contributed by atoms with Gasteiger partial charge in [0.1, 0.15) is 13.1 Å². The summed E-state index contributed by atoms with van der Waals surface area (Å²) in [6, 6.07) is 10.9. The molecule has 3 aromatic rings. The van der Waals surface area contributed by atoms with E-state index in [2.05, 4.69) is 5.32 Å². The van der Waals surface area contributed by atoms with Gasteiger partial charge in [0.2, 0.25) is 0 Å². The zero-order valence-electron chi connectivity index (χ0n) is 13.3. The van der Waals surface area contributed by atoms with Gasteiger partial charge in [0.05, 0.1) is 11.1 Å². The third kappa shape index (κ3) is 4.98. The van der Waals surface area contributed by atoms with Gasteiger partial charge in [-0.3, -0.25) is 4.79 Å². The summed E-state index contributed by atoms with van der Waals surface area (Å²) < 4.78 is 31.6. The number of furan rings is 1. The van der Waals surface area contributed by atoms with Crippen LogP contribution in [-0.4, -0.2) is 12.5 Å². The quantitative estimate of drug-likeness (QED) is 0.678. The largest absolute Gasteiger partial charge is 0.463 e. The third-order valence-corrected chi connectivity index (χ3v) is 4.50. The molecule has 0 aliphatic rings. The Morgan fingerprint density at radius 1 is 1.12 bits per heavy atom. The summed E-state index contributed by atoms with van der Waals surface area (Å²) in [6.45, 7) is 1.40. The molecule has 0 bridgehead atoms. The van der Waals surface area contributed by atoms with Gasteiger partial charge >= 0.3 is 0 Å². The monoisotopic (exact) mass is 363 g/mol. The van der Waals surface area contributed by atoms with Crippen molar-refractivity contribution in [2.75, 3.05) is 11.9 Å². The molecule has 2 heterocycles. The molecule has 1 unspecified atom stereocenters. The number of halogens is 2. The Labute approximate surface area is 147 Å². The number of carbonyl (C=O) groups excluding carboxylic acids is 1. The number of amides is 1. The summed E-state index contributed by atoms with van der Waals surface area (Å²) in [4.78, 5) is 14.4. The summed E-state index contributed by atoms with van der Waals surface area (Å²) in [5.74, 6) is -1.42. The molecule has 25 heavy (non-hydrogen) atoms. The minimum Gasteiger partial charge on any atom is -0.463 e. The Morgan fingerprint density at radius 2 is 2.00 bits per heavy atom. The topological polar surface area (TPSA) is 46.7 Å². The maximum absolute atomic E-state index is 13.3. The first-order valence-electron chi connectivity index (χ1n) is 7.73. The highest BCUT2D eigenvalue weighted by Crippen LogP contribution is 2.12. The fourth-order valence-corrected chi connectivity index (χ4v) is 3.29. The number of thiophene rings is 1. The van der Waals surface area contributed by atoms with E-state index in [4.69, 9.17) is 4.42 Å². The van der Waals surface area contributed by atoms with E-state index in [-0.39, 0.29) is 18.1 Å². The Balaban J connectivity index is 1.65. The van der Waals surface area contributed by atoms with Gasteiger partial charge in [-0.15, -0.1) is 11.3 Å². The van der Waals surface area contributed by atoms with E-state index >= 15 is 0 Å². The second kappa shape index (κ2) is 8.04. The number of nitrogens with one attached hydrogen (secondary N) is 2. The van der Waals surface area contributed by atoms with E-state index in [0.29, 0.717) is 13.1 Å². The van der Waals surface area contributed by atoms with Crippen LogP contribution < -0.4 is 10.2 Å². The molecule has 0 spiro atoms. The second-order valence-electron chi connectivity index (χ2n) is 5.62. The molecule has 0 saturated carbocycles.